The van der Waals surface area contributed by atoms with Gasteiger partial charge in [-0.15, -0.1) is 0 Å². The summed E-state index contributed by atoms with van der Waals surface area (Å²) in [6.45, 7) is 12.8. The van der Waals surface area contributed by atoms with E-state index < -0.39 is 0 Å². The van der Waals surface area contributed by atoms with Crippen molar-refractivity contribution in [3.05, 3.63) is 46.5 Å². The Morgan fingerprint density at radius 3 is 2.37 bits per heavy atom. The first-order valence-corrected chi connectivity index (χ1v) is 10.0. The molecule has 0 atom stereocenters. The zero-order valence-corrected chi connectivity index (χ0v) is 17.6. The topological polar surface area (TPSA) is 42.7 Å². The Morgan fingerprint density at radius 2 is 1.70 bits per heavy atom. The number of benzene rings is 1. The minimum atomic E-state index is 0.848. The van der Waals surface area contributed by atoms with Crippen molar-refractivity contribution >= 4 is 11.0 Å². The number of hydrogen-bond acceptors (Lipinski definition) is 3. The molecule has 0 aliphatic carbocycles. The molecule has 4 nitrogen and oxygen atoms in total. The van der Waals surface area contributed by atoms with Crippen molar-refractivity contribution in [2.75, 3.05) is 13.1 Å². The molecule has 3 rings (SSSR count). The molecule has 0 saturated carbocycles. The van der Waals surface area contributed by atoms with Crippen LogP contribution in [0.15, 0.2) is 18.3 Å². The van der Waals surface area contributed by atoms with Crippen LogP contribution in [0.1, 0.15) is 48.0 Å². The smallest absolute Gasteiger partial charge is 0.126 e. The number of aryl methyl sites for hydroxylation is 5. The minimum Gasteiger partial charge on any atom is -0.347 e. The molecule has 1 N–H and O–H groups in total. The fourth-order valence-corrected chi connectivity index (χ4v) is 4.10. The van der Waals surface area contributed by atoms with Crippen LogP contribution in [0, 0.1) is 27.7 Å². The maximum atomic E-state index is 4.84. The lowest BCUT2D eigenvalue weighted by molar-refractivity contribution is 0.636. The lowest BCUT2D eigenvalue weighted by Crippen LogP contribution is -2.19. The first-order valence-electron chi connectivity index (χ1n) is 10.0. The summed E-state index contributed by atoms with van der Waals surface area (Å²) in [6.07, 6.45) is 5.59. The summed E-state index contributed by atoms with van der Waals surface area (Å²) in [7, 11) is 2.11. The molecule has 0 aliphatic heterocycles. The zero-order chi connectivity index (χ0) is 19.6. The lowest BCUT2D eigenvalue weighted by Gasteiger charge is -2.11. The minimum absolute atomic E-state index is 0.848. The summed E-state index contributed by atoms with van der Waals surface area (Å²) in [5.74, 6) is 0.848. The highest BCUT2D eigenvalue weighted by Gasteiger charge is 2.18. The lowest BCUT2D eigenvalue weighted by atomic mass is 9.95. The second kappa shape index (κ2) is 8.22. The number of hydrogen-bond donors (Lipinski definition) is 1. The number of unbranched alkanes of at least 4 members (excludes halogenated alkanes) is 1. The molecule has 0 bridgehead atoms. The molecule has 144 valence electrons. The maximum absolute atomic E-state index is 4.84. The van der Waals surface area contributed by atoms with Gasteiger partial charge in [0.1, 0.15) is 5.82 Å². The summed E-state index contributed by atoms with van der Waals surface area (Å²) >= 11 is 0. The second-order valence-electron chi connectivity index (χ2n) is 7.70. The van der Waals surface area contributed by atoms with Crippen LogP contribution >= 0.6 is 0 Å². The first kappa shape index (κ1) is 19.6. The van der Waals surface area contributed by atoms with E-state index >= 15 is 0 Å². The third-order valence-corrected chi connectivity index (χ3v) is 5.19. The van der Waals surface area contributed by atoms with Crippen LogP contribution in [-0.2, 0) is 13.5 Å². The second-order valence-corrected chi connectivity index (χ2v) is 7.70. The molecule has 3 aromatic rings. The summed E-state index contributed by atoms with van der Waals surface area (Å²) in [5.41, 5.74) is 9.80. The highest BCUT2D eigenvalue weighted by molar-refractivity contribution is 5.95. The fraction of sp³-hybridized carbons (Fsp3) is 0.478. The van der Waals surface area contributed by atoms with Gasteiger partial charge < -0.3 is 9.88 Å². The predicted octanol–water partition coefficient (Wildman–Crippen LogP) is 4.80. The molecule has 0 fully saturated rings. The normalized spacial score (nSPS) is 11.5. The van der Waals surface area contributed by atoms with E-state index in [1.807, 2.05) is 6.92 Å². The van der Waals surface area contributed by atoms with Crippen LogP contribution in [0.4, 0.5) is 0 Å². The highest BCUT2D eigenvalue weighted by atomic mass is 15.0. The van der Waals surface area contributed by atoms with Gasteiger partial charge in [0.25, 0.3) is 0 Å². The average Bonchev–Trinajstić information content (AvgIpc) is 2.90. The van der Waals surface area contributed by atoms with E-state index in [9.17, 15) is 0 Å². The van der Waals surface area contributed by atoms with Crippen LogP contribution in [0.2, 0.25) is 0 Å². The molecule has 0 aliphatic rings. The maximum Gasteiger partial charge on any atom is 0.126 e. The SMILES string of the molecule is CCCCNCCc1nc(C)nc2c(-c3c(C)cc(C)cc3C)cn(C)c12. The van der Waals surface area contributed by atoms with Gasteiger partial charge in [-0.05, 0) is 57.4 Å². The van der Waals surface area contributed by atoms with E-state index in [1.165, 1.54) is 40.7 Å². The molecule has 0 spiro atoms. The summed E-state index contributed by atoms with van der Waals surface area (Å²) < 4.78 is 2.20. The van der Waals surface area contributed by atoms with Gasteiger partial charge in [0.05, 0.1) is 16.7 Å². The van der Waals surface area contributed by atoms with Crippen molar-refractivity contribution < 1.29 is 0 Å². The molecule has 0 radical (unpaired) electrons. The van der Waals surface area contributed by atoms with Crippen LogP contribution < -0.4 is 5.32 Å². The molecule has 27 heavy (non-hydrogen) atoms. The Balaban J connectivity index is 2.05. The molecule has 1 aromatic carbocycles. The van der Waals surface area contributed by atoms with Crippen LogP contribution in [0.25, 0.3) is 22.2 Å². The van der Waals surface area contributed by atoms with Gasteiger partial charge in [0.2, 0.25) is 0 Å². The third-order valence-electron chi connectivity index (χ3n) is 5.19. The third kappa shape index (κ3) is 4.06. The summed E-state index contributed by atoms with van der Waals surface area (Å²) in [4.78, 5) is 9.62. The van der Waals surface area contributed by atoms with Crippen molar-refractivity contribution in [2.45, 2.75) is 53.9 Å². The highest BCUT2D eigenvalue weighted by Crippen LogP contribution is 2.35. The molecule has 2 aromatic heterocycles. The first-order chi connectivity index (χ1) is 12.9. The molecule has 4 heteroatoms. The van der Waals surface area contributed by atoms with Crippen LogP contribution in [0.3, 0.4) is 0 Å². The number of rotatable bonds is 7. The van der Waals surface area contributed by atoms with Gasteiger partial charge in [0.15, 0.2) is 0 Å². The van der Waals surface area contributed by atoms with E-state index in [2.05, 4.69) is 63.0 Å². The quantitative estimate of drug-likeness (QED) is 0.612. The van der Waals surface area contributed by atoms with Crippen molar-refractivity contribution in [3.63, 3.8) is 0 Å². The van der Waals surface area contributed by atoms with Crippen LogP contribution in [-0.4, -0.2) is 27.6 Å². The molecule has 0 amide bonds. The number of fused-ring (bicyclic) bond motifs is 1. The van der Waals surface area contributed by atoms with Crippen LogP contribution in [0.5, 0.6) is 0 Å². The van der Waals surface area contributed by atoms with Crippen molar-refractivity contribution in [3.8, 4) is 11.1 Å². The monoisotopic (exact) mass is 364 g/mol. The van der Waals surface area contributed by atoms with Crippen molar-refractivity contribution in [1.29, 1.82) is 0 Å². The van der Waals surface area contributed by atoms with E-state index in [0.29, 0.717) is 0 Å². The van der Waals surface area contributed by atoms with Gasteiger partial charge in [-0.2, -0.15) is 0 Å². The zero-order valence-electron chi connectivity index (χ0n) is 17.6. The van der Waals surface area contributed by atoms with Gasteiger partial charge in [0, 0.05) is 31.8 Å². The van der Waals surface area contributed by atoms with E-state index in [-0.39, 0.29) is 0 Å². The van der Waals surface area contributed by atoms with Crippen molar-refractivity contribution in [1.82, 2.24) is 19.9 Å². The van der Waals surface area contributed by atoms with Gasteiger partial charge >= 0.3 is 0 Å². The Kier molecular flexibility index (Phi) is 5.95. The Hall–Kier alpha value is -2.20. The molecular weight excluding hydrogens is 332 g/mol. The molecular formula is C23H32N4. The van der Waals surface area contributed by atoms with E-state index in [0.717, 1.165) is 42.1 Å². The Bertz CT molecular complexity index is 930. The van der Waals surface area contributed by atoms with Crippen molar-refractivity contribution in [2.24, 2.45) is 7.05 Å². The summed E-state index contributed by atoms with van der Waals surface area (Å²) in [6, 6.07) is 4.52. The number of nitrogens with one attached hydrogen (secondary N) is 1. The summed E-state index contributed by atoms with van der Waals surface area (Å²) in [5, 5.41) is 3.53. The Morgan fingerprint density at radius 1 is 1.00 bits per heavy atom. The fourth-order valence-electron chi connectivity index (χ4n) is 4.10. The largest absolute Gasteiger partial charge is 0.347 e. The van der Waals surface area contributed by atoms with E-state index in [4.69, 9.17) is 9.97 Å². The Labute approximate surface area is 163 Å². The number of nitrogens with zero attached hydrogens (tertiary/aromatic N) is 3. The average molecular weight is 365 g/mol. The van der Waals surface area contributed by atoms with Gasteiger partial charge in [-0.3, -0.25) is 0 Å². The predicted molar refractivity (Wildman–Crippen MR) is 114 cm³/mol. The molecule has 0 saturated heterocycles. The van der Waals surface area contributed by atoms with Gasteiger partial charge in [-0.1, -0.05) is 31.0 Å². The van der Waals surface area contributed by atoms with E-state index in [1.54, 1.807) is 0 Å². The standard InChI is InChI=1S/C23H32N4/c1-7-8-10-24-11-9-20-23-22(26-18(5)25-20)19(14-27(23)6)21-16(3)12-15(2)13-17(21)4/h12-14,24H,7-11H2,1-6H3. The molecule has 0 unspecified atom stereocenters. The molecule has 2 heterocycles. The van der Waals surface area contributed by atoms with Gasteiger partial charge in [-0.25, -0.2) is 9.97 Å². The number of aromatic nitrogens is 3.